The van der Waals surface area contributed by atoms with Crippen LogP contribution >= 0.6 is 0 Å². The van der Waals surface area contributed by atoms with E-state index in [9.17, 15) is 9.59 Å². The van der Waals surface area contributed by atoms with Crippen LogP contribution in [0.25, 0.3) is 0 Å². The van der Waals surface area contributed by atoms with Crippen LogP contribution in [0.1, 0.15) is 19.8 Å². The number of rotatable bonds is 5. The van der Waals surface area contributed by atoms with Crippen LogP contribution in [0.2, 0.25) is 0 Å². The van der Waals surface area contributed by atoms with E-state index in [1.54, 1.807) is 0 Å². The molecule has 0 aromatic carbocycles. The zero-order valence-corrected chi connectivity index (χ0v) is 9.38. The van der Waals surface area contributed by atoms with Gasteiger partial charge in [-0.15, -0.1) is 0 Å². The second kappa shape index (κ2) is 6.41. The van der Waals surface area contributed by atoms with Crippen LogP contribution in [0.15, 0.2) is 18.7 Å². The summed E-state index contributed by atoms with van der Waals surface area (Å²) in [5, 5.41) is 13.7. The number of nitrogens with zero attached hydrogens (tertiary/aromatic N) is 2. The molecule has 0 fully saturated rings. The molecule has 0 radical (unpaired) electrons. The minimum absolute atomic E-state index is 0.383. The Morgan fingerprint density at radius 1 is 1.41 bits per heavy atom. The number of anilines is 1. The van der Waals surface area contributed by atoms with E-state index in [-0.39, 0.29) is 0 Å². The van der Waals surface area contributed by atoms with E-state index >= 15 is 0 Å². The largest absolute Gasteiger partial charge is 0.480 e. The summed E-state index contributed by atoms with van der Waals surface area (Å²) in [6.45, 7) is 1.85. The summed E-state index contributed by atoms with van der Waals surface area (Å²) in [6.07, 6.45) is 5.23. The third-order valence-corrected chi connectivity index (χ3v) is 2.00. The van der Waals surface area contributed by atoms with Crippen LogP contribution in [0.4, 0.5) is 10.5 Å². The van der Waals surface area contributed by atoms with Crippen molar-refractivity contribution >= 4 is 17.7 Å². The molecule has 0 aliphatic rings. The molecule has 0 saturated carbocycles. The molecule has 0 aliphatic carbocycles. The van der Waals surface area contributed by atoms with Gasteiger partial charge in [0.25, 0.3) is 0 Å². The number of urea groups is 1. The molecule has 92 valence electrons. The molecule has 1 unspecified atom stereocenters. The fourth-order valence-electron chi connectivity index (χ4n) is 1.24. The molecule has 1 rings (SSSR count). The number of carboxylic acid groups (broad SMARTS) is 1. The fraction of sp³-hybridized carbons (Fsp3) is 0.400. The standard InChI is InChI=1S/C10H14N4O3/c1-2-3-8(9(15)16)14-10(17)13-7-4-11-6-12-5-7/h4-6,8H,2-3H2,1H3,(H,15,16)(H2,13,14,17). The third-order valence-electron chi connectivity index (χ3n) is 2.00. The van der Waals surface area contributed by atoms with Crippen molar-refractivity contribution in [3.8, 4) is 0 Å². The molecule has 7 heteroatoms. The van der Waals surface area contributed by atoms with E-state index in [0.29, 0.717) is 18.5 Å². The first-order valence-corrected chi connectivity index (χ1v) is 5.18. The van der Waals surface area contributed by atoms with E-state index in [1.165, 1.54) is 18.7 Å². The Hall–Kier alpha value is -2.18. The highest BCUT2D eigenvalue weighted by molar-refractivity contribution is 5.91. The summed E-state index contributed by atoms with van der Waals surface area (Å²) >= 11 is 0. The van der Waals surface area contributed by atoms with Crippen LogP contribution < -0.4 is 10.6 Å². The minimum atomic E-state index is -1.05. The molecular weight excluding hydrogens is 224 g/mol. The highest BCUT2D eigenvalue weighted by Gasteiger charge is 2.18. The van der Waals surface area contributed by atoms with E-state index in [0.717, 1.165) is 0 Å². The number of carbonyl (C=O) groups is 2. The SMILES string of the molecule is CCCC(NC(=O)Nc1cncnc1)C(=O)O. The number of nitrogens with one attached hydrogen (secondary N) is 2. The van der Waals surface area contributed by atoms with Crippen LogP contribution in [0.5, 0.6) is 0 Å². The number of hydrogen-bond donors (Lipinski definition) is 3. The van der Waals surface area contributed by atoms with Crippen molar-refractivity contribution in [2.45, 2.75) is 25.8 Å². The number of carboxylic acids is 1. The van der Waals surface area contributed by atoms with Crippen molar-refractivity contribution in [2.75, 3.05) is 5.32 Å². The number of amides is 2. The smallest absolute Gasteiger partial charge is 0.326 e. The van der Waals surface area contributed by atoms with Gasteiger partial charge in [0.2, 0.25) is 0 Å². The summed E-state index contributed by atoms with van der Waals surface area (Å²) in [4.78, 5) is 29.7. The molecule has 17 heavy (non-hydrogen) atoms. The van der Waals surface area contributed by atoms with Gasteiger partial charge in [-0.2, -0.15) is 0 Å². The molecule has 0 bridgehead atoms. The number of hydrogen-bond acceptors (Lipinski definition) is 4. The van der Waals surface area contributed by atoms with Crippen molar-refractivity contribution in [1.82, 2.24) is 15.3 Å². The predicted molar refractivity (Wildman–Crippen MR) is 60.5 cm³/mol. The summed E-state index contributed by atoms with van der Waals surface area (Å²) in [6, 6.07) is -1.47. The van der Waals surface area contributed by atoms with Gasteiger partial charge in [0, 0.05) is 0 Å². The van der Waals surface area contributed by atoms with E-state index in [1.807, 2.05) is 6.92 Å². The average Bonchev–Trinajstić information content (AvgIpc) is 2.29. The first-order valence-electron chi connectivity index (χ1n) is 5.18. The highest BCUT2D eigenvalue weighted by Crippen LogP contribution is 2.01. The Kier molecular flexibility index (Phi) is 4.86. The molecule has 2 amide bonds. The number of aliphatic carboxylic acids is 1. The normalized spacial score (nSPS) is 11.6. The minimum Gasteiger partial charge on any atom is -0.480 e. The maximum atomic E-state index is 11.5. The Morgan fingerprint density at radius 3 is 2.59 bits per heavy atom. The lowest BCUT2D eigenvalue weighted by molar-refractivity contribution is -0.139. The molecule has 1 heterocycles. The Labute approximate surface area is 98.3 Å². The second-order valence-electron chi connectivity index (χ2n) is 3.41. The first kappa shape index (κ1) is 12.9. The van der Waals surface area contributed by atoms with Gasteiger partial charge in [-0.05, 0) is 6.42 Å². The van der Waals surface area contributed by atoms with Gasteiger partial charge in [-0.1, -0.05) is 13.3 Å². The number of aromatic nitrogens is 2. The topological polar surface area (TPSA) is 104 Å². The van der Waals surface area contributed by atoms with Crippen LogP contribution in [-0.2, 0) is 4.79 Å². The van der Waals surface area contributed by atoms with Crippen molar-refractivity contribution in [2.24, 2.45) is 0 Å². The molecule has 1 aromatic heterocycles. The van der Waals surface area contributed by atoms with Crippen molar-refractivity contribution in [3.63, 3.8) is 0 Å². The van der Waals surface area contributed by atoms with Gasteiger partial charge in [0.15, 0.2) is 0 Å². The molecule has 0 spiro atoms. The molecule has 1 aromatic rings. The van der Waals surface area contributed by atoms with Crippen LogP contribution in [0.3, 0.4) is 0 Å². The monoisotopic (exact) mass is 238 g/mol. The van der Waals surface area contributed by atoms with Crippen LogP contribution in [-0.4, -0.2) is 33.1 Å². The molecule has 7 nitrogen and oxygen atoms in total. The van der Waals surface area contributed by atoms with Gasteiger partial charge in [0.05, 0.1) is 18.1 Å². The van der Waals surface area contributed by atoms with Crippen molar-refractivity contribution in [1.29, 1.82) is 0 Å². The maximum absolute atomic E-state index is 11.5. The third kappa shape index (κ3) is 4.45. The maximum Gasteiger partial charge on any atom is 0.326 e. The highest BCUT2D eigenvalue weighted by atomic mass is 16.4. The summed E-state index contributed by atoms with van der Waals surface area (Å²) in [7, 11) is 0. The molecule has 3 N–H and O–H groups in total. The lowest BCUT2D eigenvalue weighted by Crippen LogP contribution is -2.42. The summed E-state index contributed by atoms with van der Waals surface area (Å²) in [5.74, 6) is -1.05. The number of carbonyl (C=O) groups excluding carboxylic acids is 1. The van der Waals surface area contributed by atoms with Gasteiger partial charge >= 0.3 is 12.0 Å². The molecule has 0 saturated heterocycles. The quantitative estimate of drug-likeness (QED) is 0.705. The van der Waals surface area contributed by atoms with Gasteiger partial charge in [-0.3, -0.25) is 0 Å². The lowest BCUT2D eigenvalue weighted by Gasteiger charge is -2.13. The van der Waals surface area contributed by atoms with Crippen LogP contribution in [0, 0.1) is 0 Å². The zero-order chi connectivity index (χ0) is 12.7. The van der Waals surface area contributed by atoms with Gasteiger partial charge in [-0.25, -0.2) is 19.6 Å². The average molecular weight is 238 g/mol. The Morgan fingerprint density at radius 2 is 2.06 bits per heavy atom. The van der Waals surface area contributed by atoms with Gasteiger partial charge < -0.3 is 15.7 Å². The Bertz CT molecular complexity index is 382. The van der Waals surface area contributed by atoms with Crippen molar-refractivity contribution < 1.29 is 14.7 Å². The summed E-state index contributed by atoms with van der Waals surface area (Å²) < 4.78 is 0. The van der Waals surface area contributed by atoms with E-state index < -0.39 is 18.0 Å². The zero-order valence-electron chi connectivity index (χ0n) is 9.38. The first-order chi connectivity index (χ1) is 8.13. The van der Waals surface area contributed by atoms with Crippen molar-refractivity contribution in [3.05, 3.63) is 18.7 Å². The molecular formula is C10H14N4O3. The summed E-state index contributed by atoms with van der Waals surface area (Å²) in [5.41, 5.74) is 0.408. The second-order valence-corrected chi connectivity index (χ2v) is 3.41. The fourth-order valence-corrected chi connectivity index (χ4v) is 1.24. The van der Waals surface area contributed by atoms with Gasteiger partial charge in [0.1, 0.15) is 12.4 Å². The molecule has 0 aliphatic heterocycles. The van der Waals surface area contributed by atoms with E-state index in [2.05, 4.69) is 20.6 Å². The lowest BCUT2D eigenvalue weighted by atomic mass is 10.2. The van der Waals surface area contributed by atoms with E-state index in [4.69, 9.17) is 5.11 Å². The Balaban J connectivity index is 2.51. The predicted octanol–water partition coefficient (Wildman–Crippen LogP) is 0.851. The molecule has 1 atom stereocenters.